The van der Waals surface area contributed by atoms with Crippen molar-refractivity contribution in [2.45, 2.75) is 328 Å². The fraction of sp³-hybridized carbons (Fsp3) is 0.900. The summed E-state index contributed by atoms with van der Waals surface area (Å²) in [6, 6.07) is 0. The van der Waals surface area contributed by atoms with Crippen LogP contribution in [0.1, 0.15) is 310 Å². The molecular weight excluding hydrogens is 1210 g/mol. The van der Waals surface area contributed by atoms with Crippen molar-refractivity contribution < 1.29 is 81.6 Å². The predicted molar refractivity (Wildman–Crippen MR) is 313 cm³/mol. The van der Waals surface area contributed by atoms with Crippen LogP contribution in [0.3, 0.4) is 0 Å². The van der Waals surface area contributed by atoms with Crippen molar-refractivity contribution in [3.8, 4) is 0 Å². The number of aliphatic hydroxyl groups is 3. The molecule has 0 heterocycles. The second-order valence-electron chi connectivity index (χ2n) is 20.6. The van der Waals surface area contributed by atoms with Crippen LogP contribution in [-0.2, 0) is 51.0 Å². The molecule has 0 aliphatic rings. The molecule has 0 aliphatic heterocycles. The SMILES string of the molecule is CCCCCCCCCCCCCCCCOC(=S)C(O)CC(=O)[O-].CCCCCCCCCCCCCCCCOC(=S)C(O)CC(=O)[O-].CCCCCCCCCCCCCCCCOC(=S)C(O)CC(=O)[O-].[Au+3]. The molecule has 0 aromatic heterocycles. The summed E-state index contributed by atoms with van der Waals surface area (Å²) in [5.41, 5.74) is 0. The number of aliphatic carboxylic acids is 3. The Labute approximate surface area is 496 Å². The molecular formula is C60H111AuO12S3. The molecule has 3 unspecified atom stereocenters. The molecule has 0 amide bonds. The van der Waals surface area contributed by atoms with E-state index in [9.17, 15) is 45.0 Å². The van der Waals surface area contributed by atoms with E-state index in [1.165, 1.54) is 231 Å². The molecule has 452 valence electrons. The molecule has 0 bridgehead atoms. The van der Waals surface area contributed by atoms with E-state index in [4.69, 9.17) is 50.9 Å². The number of carbonyl (C=O) groups excluding carboxylic acids is 3. The van der Waals surface area contributed by atoms with E-state index in [0.29, 0.717) is 19.8 Å². The monoisotopic (exact) mass is 1320 g/mol. The Hall–Kier alpha value is -1.30. The second kappa shape index (κ2) is 66.2. The number of rotatable bonds is 54. The summed E-state index contributed by atoms with van der Waals surface area (Å²) >= 11 is 14.5. The smallest absolute Gasteiger partial charge is 0.550 e. The van der Waals surface area contributed by atoms with Crippen LogP contribution in [0, 0.1) is 0 Å². The van der Waals surface area contributed by atoms with E-state index < -0.39 is 55.5 Å². The van der Waals surface area contributed by atoms with Gasteiger partial charge in [-0.05, 0) is 55.9 Å². The first-order chi connectivity index (χ1) is 36.2. The fourth-order valence-corrected chi connectivity index (χ4v) is 8.92. The molecule has 0 radical (unpaired) electrons. The Morgan fingerprint density at radius 3 is 0.566 bits per heavy atom. The van der Waals surface area contributed by atoms with Crippen molar-refractivity contribution in [1.29, 1.82) is 0 Å². The van der Waals surface area contributed by atoms with Crippen LogP contribution in [0.4, 0.5) is 0 Å². The van der Waals surface area contributed by atoms with Crippen LogP contribution in [0.2, 0.25) is 0 Å². The molecule has 16 heteroatoms. The van der Waals surface area contributed by atoms with E-state index in [1.54, 1.807) is 0 Å². The van der Waals surface area contributed by atoms with Gasteiger partial charge >= 0.3 is 22.4 Å². The Morgan fingerprint density at radius 2 is 0.434 bits per heavy atom. The zero-order valence-corrected chi connectivity index (χ0v) is 52.8. The molecule has 0 rings (SSSR count). The third-order valence-electron chi connectivity index (χ3n) is 13.1. The Balaban J connectivity index is -0.000000508. The number of hydrogen-bond donors (Lipinski definition) is 3. The van der Waals surface area contributed by atoms with Gasteiger partial charge in [0.1, 0.15) is 18.3 Å². The molecule has 0 saturated heterocycles. The number of ether oxygens (including phenoxy) is 3. The number of aliphatic hydroxyl groups excluding tert-OH is 3. The fourth-order valence-electron chi connectivity index (χ4n) is 8.42. The first-order valence-electron chi connectivity index (χ1n) is 30.4. The third-order valence-corrected chi connectivity index (χ3v) is 14.3. The van der Waals surface area contributed by atoms with Crippen molar-refractivity contribution in [3.05, 3.63) is 0 Å². The molecule has 0 aromatic rings. The van der Waals surface area contributed by atoms with Gasteiger partial charge in [-0.1, -0.05) is 271 Å². The van der Waals surface area contributed by atoms with Gasteiger partial charge in [-0.2, -0.15) is 0 Å². The van der Waals surface area contributed by atoms with Gasteiger partial charge in [0.05, 0.1) is 19.8 Å². The molecule has 3 N–H and O–H groups in total. The minimum Gasteiger partial charge on any atom is -0.550 e. The molecule has 0 aliphatic carbocycles. The van der Waals surface area contributed by atoms with Crippen molar-refractivity contribution >= 4 is 69.7 Å². The van der Waals surface area contributed by atoms with Crippen LogP contribution < -0.4 is 15.3 Å². The van der Waals surface area contributed by atoms with Crippen LogP contribution in [0.5, 0.6) is 0 Å². The summed E-state index contributed by atoms with van der Waals surface area (Å²) in [7, 11) is 0. The Morgan fingerprint density at radius 1 is 0.303 bits per heavy atom. The van der Waals surface area contributed by atoms with Gasteiger partial charge in [0, 0.05) is 37.2 Å². The van der Waals surface area contributed by atoms with Gasteiger partial charge in [0.2, 0.25) is 0 Å². The number of carboxylic acids is 3. The van der Waals surface area contributed by atoms with Crippen LogP contribution in [-0.4, -0.2) is 86.5 Å². The van der Waals surface area contributed by atoms with E-state index in [2.05, 4.69) is 20.8 Å². The van der Waals surface area contributed by atoms with Gasteiger partial charge in [0.15, 0.2) is 15.2 Å². The van der Waals surface area contributed by atoms with E-state index in [0.717, 1.165) is 38.5 Å². The van der Waals surface area contributed by atoms with Gasteiger partial charge in [-0.25, -0.2) is 0 Å². The minimum absolute atomic E-state index is 0. The summed E-state index contributed by atoms with van der Waals surface area (Å²) in [6.07, 6.45) is 49.1. The maximum absolute atomic E-state index is 10.3. The van der Waals surface area contributed by atoms with Gasteiger partial charge in [0.25, 0.3) is 0 Å². The topological polar surface area (TPSA) is 209 Å². The standard InChI is InChI=1S/3C20H38O4S.Au/c3*1-2-3-4-5-6-7-8-9-10-11-12-13-14-15-16-24-20(25)18(21)17-19(22)23;/h3*18,21H,2-17H2,1H3,(H,22,23);/q;;;+3/p-3. The van der Waals surface area contributed by atoms with E-state index >= 15 is 0 Å². The summed E-state index contributed by atoms with van der Waals surface area (Å²) in [6.45, 7) is 8.11. The predicted octanol–water partition coefficient (Wildman–Crippen LogP) is 12.9. The van der Waals surface area contributed by atoms with E-state index in [1.807, 2.05) is 0 Å². The minimum atomic E-state index is -1.32. The number of thiocarbonyl (C=S) groups is 3. The molecule has 0 saturated carbocycles. The number of hydrogen-bond acceptors (Lipinski definition) is 15. The number of carbonyl (C=O) groups is 3. The molecule has 0 fully saturated rings. The van der Waals surface area contributed by atoms with Crippen molar-refractivity contribution in [2.24, 2.45) is 0 Å². The zero-order chi connectivity index (χ0) is 56.3. The van der Waals surface area contributed by atoms with Crippen LogP contribution in [0.15, 0.2) is 0 Å². The summed E-state index contributed by atoms with van der Waals surface area (Å²) in [5.74, 6) is -3.97. The Bertz CT molecular complexity index is 1160. The largest absolute Gasteiger partial charge is 3.00 e. The maximum Gasteiger partial charge on any atom is 3.00 e. The molecule has 12 nitrogen and oxygen atoms in total. The zero-order valence-electron chi connectivity index (χ0n) is 48.2. The first kappa shape index (κ1) is 81.2. The Kier molecular flexibility index (Phi) is 70.7. The normalized spacial score (nSPS) is 11.9. The van der Waals surface area contributed by atoms with Crippen molar-refractivity contribution in [1.82, 2.24) is 0 Å². The third kappa shape index (κ3) is 68.8. The quantitative estimate of drug-likeness (QED) is 0.0294. The van der Waals surface area contributed by atoms with Crippen molar-refractivity contribution in [3.63, 3.8) is 0 Å². The summed E-state index contributed by atoms with van der Waals surface area (Å²) in [5, 5.41) is 59.1. The maximum atomic E-state index is 10.3. The van der Waals surface area contributed by atoms with Gasteiger partial charge in [-0.3, -0.25) is 0 Å². The average molecular weight is 1320 g/mol. The summed E-state index contributed by atoms with van der Waals surface area (Å²) < 4.78 is 15.6. The first-order valence-corrected chi connectivity index (χ1v) is 31.6. The van der Waals surface area contributed by atoms with Gasteiger partial charge < -0.3 is 59.2 Å². The number of carboxylic acid groups (broad SMARTS) is 3. The van der Waals surface area contributed by atoms with Gasteiger partial charge in [-0.15, -0.1) is 0 Å². The summed E-state index contributed by atoms with van der Waals surface area (Å²) in [4.78, 5) is 31.0. The van der Waals surface area contributed by atoms with E-state index in [-0.39, 0.29) is 37.5 Å². The molecule has 0 spiro atoms. The molecule has 0 aromatic carbocycles. The molecule has 76 heavy (non-hydrogen) atoms. The van der Waals surface area contributed by atoms with Crippen LogP contribution in [0.25, 0.3) is 0 Å². The average Bonchev–Trinajstić information content (AvgIpc) is 3.37. The van der Waals surface area contributed by atoms with Crippen molar-refractivity contribution in [2.75, 3.05) is 19.8 Å². The second-order valence-corrected chi connectivity index (χ2v) is 21.8. The van der Waals surface area contributed by atoms with Crippen LogP contribution >= 0.6 is 36.7 Å². The number of unbranched alkanes of at least 4 members (excludes halogenated alkanes) is 39. The molecule has 3 atom stereocenters.